The van der Waals surface area contributed by atoms with Crippen LogP contribution in [0.15, 0.2) is 42.6 Å². The molecule has 5 aromatic rings. The molecule has 4 aromatic heterocycles. The van der Waals surface area contributed by atoms with Crippen LogP contribution in [0.4, 0.5) is 11.4 Å². The number of rotatable bonds is 5. The maximum atomic E-state index is 12.8. The number of carboxylic acid groups (broad SMARTS) is 1. The van der Waals surface area contributed by atoms with Crippen LogP contribution in [0.3, 0.4) is 0 Å². The topological polar surface area (TPSA) is 144 Å². The second-order valence-electron chi connectivity index (χ2n) is 9.88. The van der Waals surface area contributed by atoms with E-state index in [-0.39, 0.29) is 11.8 Å². The van der Waals surface area contributed by atoms with E-state index in [9.17, 15) is 14.4 Å². The Hall–Kier alpha value is -4.29. The Morgan fingerprint density at radius 3 is 2.33 bits per heavy atom. The highest BCUT2D eigenvalue weighted by Gasteiger charge is 2.43. The van der Waals surface area contributed by atoms with Gasteiger partial charge in [0.25, 0.3) is 5.91 Å². The first-order valence-electron chi connectivity index (χ1n) is 12.6. The second kappa shape index (κ2) is 10.4. The van der Waals surface area contributed by atoms with E-state index in [0.717, 1.165) is 32.0 Å². The van der Waals surface area contributed by atoms with Gasteiger partial charge in [0.2, 0.25) is 5.91 Å². The van der Waals surface area contributed by atoms with Gasteiger partial charge in [-0.3, -0.25) is 14.7 Å². The predicted octanol–water partition coefficient (Wildman–Crippen LogP) is 5.97. The fraction of sp³-hybridized carbons (Fsp3) is 0.250. The lowest BCUT2D eigenvalue weighted by Crippen LogP contribution is -2.35. The summed E-state index contributed by atoms with van der Waals surface area (Å²) >= 11 is 2.74. The number of nitrogens with one attached hydrogen (secondary N) is 3. The molecule has 0 aliphatic carbocycles. The standard InChI is InChI=1S/C22H22N6O2S.C6H6O2S/c1-5-28-16-9-14-13(8-12(16)22(3,4)21(28)30)24-19(25-14)18-15(10-23-27-18)26-20(29)17-7-6-11(2)31-17;1-4-2-3-5(9-4)6(7)8/h6-10H,5H2,1-4H3,(H,23,27)(H,24,25)(H,26,29);2-3H,1H3,(H,7,8). The lowest BCUT2D eigenvalue weighted by atomic mass is 9.86. The van der Waals surface area contributed by atoms with Crippen molar-refractivity contribution in [1.82, 2.24) is 20.2 Å². The number of benzene rings is 1. The van der Waals surface area contributed by atoms with Gasteiger partial charge in [-0.2, -0.15) is 5.10 Å². The highest BCUT2D eigenvalue weighted by Crippen LogP contribution is 2.43. The zero-order valence-electron chi connectivity index (χ0n) is 22.6. The van der Waals surface area contributed by atoms with Crippen LogP contribution in [-0.4, -0.2) is 49.6 Å². The highest BCUT2D eigenvalue weighted by molar-refractivity contribution is 7.14. The smallest absolute Gasteiger partial charge is 0.345 e. The number of thiophene rings is 2. The summed E-state index contributed by atoms with van der Waals surface area (Å²) in [5.74, 6) is -0.357. The first-order chi connectivity index (χ1) is 19.0. The van der Waals surface area contributed by atoms with E-state index < -0.39 is 11.4 Å². The maximum absolute atomic E-state index is 12.8. The van der Waals surface area contributed by atoms with Crippen molar-refractivity contribution in [2.24, 2.45) is 0 Å². The number of hydrogen-bond acceptors (Lipinski definition) is 7. The molecule has 5 heterocycles. The summed E-state index contributed by atoms with van der Waals surface area (Å²) in [6.07, 6.45) is 1.57. The number of carbonyl (C=O) groups is 3. The van der Waals surface area contributed by atoms with E-state index in [2.05, 4.69) is 20.5 Å². The average Bonchev–Trinajstić information content (AvgIpc) is 3.72. The summed E-state index contributed by atoms with van der Waals surface area (Å²) in [6.45, 7) is 10.3. The quantitative estimate of drug-likeness (QED) is 0.203. The second-order valence-corrected chi connectivity index (χ2v) is 12.5. The van der Waals surface area contributed by atoms with Gasteiger partial charge >= 0.3 is 5.97 Å². The van der Waals surface area contributed by atoms with Gasteiger partial charge in [-0.05, 0) is 76.6 Å². The third-order valence-electron chi connectivity index (χ3n) is 6.70. The van der Waals surface area contributed by atoms with E-state index >= 15 is 0 Å². The number of H-pyrrole nitrogens is 2. The summed E-state index contributed by atoms with van der Waals surface area (Å²) in [4.78, 5) is 48.6. The molecule has 0 radical (unpaired) electrons. The summed E-state index contributed by atoms with van der Waals surface area (Å²) < 4.78 is 0. The van der Waals surface area contributed by atoms with E-state index in [4.69, 9.17) is 10.1 Å². The molecule has 206 valence electrons. The summed E-state index contributed by atoms with van der Waals surface area (Å²) in [6, 6.07) is 11.1. The van der Waals surface area contributed by atoms with Crippen LogP contribution in [-0.2, 0) is 10.2 Å². The largest absolute Gasteiger partial charge is 0.477 e. The molecule has 0 spiro atoms. The summed E-state index contributed by atoms with van der Waals surface area (Å²) in [5.41, 5.74) is 4.01. The van der Waals surface area contributed by atoms with E-state index in [1.165, 1.54) is 22.7 Å². The Kier molecular flexibility index (Phi) is 7.06. The average molecular weight is 577 g/mol. The van der Waals surface area contributed by atoms with Gasteiger partial charge in [0, 0.05) is 16.3 Å². The van der Waals surface area contributed by atoms with Crippen molar-refractivity contribution in [3.63, 3.8) is 0 Å². The van der Waals surface area contributed by atoms with Crippen molar-refractivity contribution in [3.8, 4) is 11.5 Å². The van der Waals surface area contributed by atoms with Gasteiger partial charge in [-0.25, -0.2) is 9.78 Å². The molecule has 0 saturated heterocycles. The Balaban J connectivity index is 0.000000306. The zero-order chi connectivity index (χ0) is 28.8. The molecule has 0 unspecified atom stereocenters. The molecule has 0 bridgehead atoms. The van der Waals surface area contributed by atoms with Crippen molar-refractivity contribution >= 4 is 62.9 Å². The number of carbonyl (C=O) groups excluding carboxylic acids is 2. The SMILES string of the molecule is CCN1C(=O)C(C)(C)c2cc3[nH]c(-c4[nH]ncc4NC(=O)c4ccc(C)s4)nc3cc21.Cc1ccc(C(=O)O)s1. The third-order valence-corrected chi connectivity index (χ3v) is 8.69. The van der Waals surface area contributed by atoms with Crippen molar-refractivity contribution in [2.75, 3.05) is 16.8 Å². The molecule has 0 fully saturated rings. The predicted molar refractivity (Wildman–Crippen MR) is 158 cm³/mol. The Morgan fingerprint density at radius 2 is 1.75 bits per heavy atom. The van der Waals surface area contributed by atoms with Gasteiger partial charge in [0.1, 0.15) is 10.6 Å². The van der Waals surface area contributed by atoms with Crippen LogP contribution in [0, 0.1) is 13.8 Å². The molecule has 4 N–H and O–H groups in total. The van der Waals surface area contributed by atoms with Crippen LogP contribution >= 0.6 is 22.7 Å². The van der Waals surface area contributed by atoms with Gasteiger partial charge in [0.05, 0.1) is 38.9 Å². The number of nitrogens with zero attached hydrogens (tertiary/aromatic N) is 3. The molecule has 10 nitrogen and oxygen atoms in total. The molecule has 6 rings (SSSR count). The molecule has 12 heteroatoms. The van der Waals surface area contributed by atoms with Crippen LogP contribution < -0.4 is 10.2 Å². The first-order valence-corrected chi connectivity index (χ1v) is 14.2. The van der Waals surface area contributed by atoms with E-state index in [1.54, 1.807) is 29.3 Å². The highest BCUT2D eigenvalue weighted by atomic mass is 32.1. The number of imidazole rings is 1. The van der Waals surface area contributed by atoms with Gasteiger partial charge in [0.15, 0.2) is 5.82 Å². The minimum absolute atomic E-state index is 0.0975. The maximum Gasteiger partial charge on any atom is 0.345 e. The van der Waals surface area contributed by atoms with Crippen LogP contribution in [0.2, 0.25) is 0 Å². The monoisotopic (exact) mass is 576 g/mol. The zero-order valence-corrected chi connectivity index (χ0v) is 24.2. The fourth-order valence-corrected chi connectivity index (χ4v) is 6.08. The third kappa shape index (κ3) is 4.91. The lowest BCUT2D eigenvalue weighted by molar-refractivity contribution is -0.122. The van der Waals surface area contributed by atoms with Crippen molar-refractivity contribution in [3.05, 3.63) is 67.7 Å². The number of aromatic carboxylic acids is 1. The number of aromatic nitrogens is 4. The van der Waals surface area contributed by atoms with Crippen molar-refractivity contribution in [2.45, 2.75) is 40.0 Å². The number of aryl methyl sites for hydroxylation is 2. The number of anilines is 2. The molecular weight excluding hydrogens is 548 g/mol. The normalized spacial score (nSPS) is 13.7. The summed E-state index contributed by atoms with van der Waals surface area (Å²) in [7, 11) is 0. The Bertz CT molecular complexity index is 1760. The molecular formula is C28H28N6O4S2. The number of carboxylic acids is 1. The molecule has 1 aliphatic heterocycles. The van der Waals surface area contributed by atoms with Crippen LogP contribution in [0.1, 0.15) is 55.4 Å². The van der Waals surface area contributed by atoms with E-state index in [0.29, 0.717) is 33.5 Å². The van der Waals surface area contributed by atoms with Crippen molar-refractivity contribution < 1.29 is 19.5 Å². The van der Waals surface area contributed by atoms with Crippen LogP contribution in [0.5, 0.6) is 0 Å². The summed E-state index contributed by atoms with van der Waals surface area (Å²) in [5, 5.41) is 18.3. The fourth-order valence-electron chi connectivity index (χ4n) is 4.62. The first kappa shape index (κ1) is 27.3. The van der Waals surface area contributed by atoms with Gasteiger partial charge in [-0.15, -0.1) is 22.7 Å². The minimum atomic E-state index is -0.840. The minimum Gasteiger partial charge on any atom is -0.477 e. The Labute approximate surface area is 238 Å². The number of hydrogen-bond donors (Lipinski definition) is 4. The molecule has 2 amide bonds. The van der Waals surface area contributed by atoms with Gasteiger partial charge in [-0.1, -0.05) is 0 Å². The van der Waals surface area contributed by atoms with Gasteiger partial charge < -0.3 is 20.3 Å². The molecule has 1 aromatic carbocycles. The van der Waals surface area contributed by atoms with Crippen molar-refractivity contribution in [1.29, 1.82) is 0 Å². The lowest BCUT2D eigenvalue weighted by Gasteiger charge is -2.18. The molecule has 40 heavy (non-hydrogen) atoms. The number of aromatic amines is 2. The number of amides is 2. The van der Waals surface area contributed by atoms with E-state index in [1.807, 2.05) is 52.8 Å². The van der Waals surface area contributed by atoms with Crippen LogP contribution in [0.25, 0.3) is 22.6 Å². The molecule has 1 aliphatic rings. The Morgan fingerprint density at radius 1 is 1.07 bits per heavy atom. The number of likely N-dealkylation sites (N-methyl/N-ethyl adjacent to an activating group) is 1. The number of fused-ring (bicyclic) bond motifs is 2. The molecule has 0 atom stereocenters. The molecule has 0 saturated carbocycles.